The summed E-state index contributed by atoms with van der Waals surface area (Å²) in [5, 5.41) is 7.37. The molecule has 4 rings (SSSR count). The molecule has 6 nitrogen and oxygen atoms in total. The Bertz CT molecular complexity index is 927. The van der Waals surface area contributed by atoms with E-state index in [9.17, 15) is 13.2 Å². The van der Waals surface area contributed by atoms with Crippen LogP contribution in [-0.4, -0.2) is 35.6 Å². The van der Waals surface area contributed by atoms with E-state index in [2.05, 4.69) is 17.3 Å². The van der Waals surface area contributed by atoms with Crippen LogP contribution in [0.2, 0.25) is 0 Å². The Kier molecular flexibility index (Phi) is 4.34. The van der Waals surface area contributed by atoms with Gasteiger partial charge in [-0.3, -0.25) is 9.48 Å². The summed E-state index contributed by atoms with van der Waals surface area (Å²) in [4.78, 5) is 12.6. The Morgan fingerprint density at radius 3 is 2.54 bits per heavy atom. The van der Waals surface area contributed by atoms with E-state index in [1.807, 2.05) is 30.3 Å². The SMILES string of the molecule is CCc1ccc(NC(=O)c2cc(C3CC3)n(C3CCS(=O)(=O)C3)n2)cc1. The average molecular weight is 373 g/mol. The number of sulfone groups is 1. The number of carbonyl (C=O) groups is 1. The summed E-state index contributed by atoms with van der Waals surface area (Å²) in [6.45, 7) is 2.09. The van der Waals surface area contributed by atoms with Crippen molar-refractivity contribution in [2.75, 3.05) is 16.8 Å². The van der Waals surface area contributed by atoms with E-state index in [1.165, 1.54) is 5.56 Å². The lowest BCUT2D eigenvalue weighted by atomic mass is 10.1. The number of nitrogens with zero attached hydrogens (tertiary/aromatic N) is 2. The zero-order chi connectivity index (χ0) is 18.3. The summed E-state index contributed by atoms with van der Waals surface area (Å²) in [5.41, 5.74) is 3.30. The summed E-state index contributed by atoms with van der Waals surface area (Å²) in [6, 6.07) is 9.44. The van der Waals surface area contributed by atoms with Crippen molar-refractivity contribution in [2.45, 2.75) is 44.6 Å². The molecule has 1 amide bonds. The van der Waals surface area contributed by atoms with Crippen molar-refractivity contribution < 1.29 is 13.2 Å². The van der Waals surface area contributed by atoms with Gasteiger partial charge in [0.1, 0.15) is 0 Å². The Morgan fingerprint density at radius 2 is 1.96 bits per heavy atom. The molecule has 26 heavy (non-hydrogen) atoms. The van der Waals surface area contributed by atoms with Crippen LogP contribution in [0.1, 0.15) is 59.9 Å². The number of nitrogens with one attached hydrogen (secondary N) is 1. The first-order valence-electron chi connectivity index (χ1n) is 9.15. The molecule has 1 aromatic carbocycles. The molecule has 0 spiro atoms. The minimum Gasteiger partial charge on any atom is -0.321 e. The summed E-state index contributed by atoms with van der Waals surface area (Å²) in [6.07, 6.45) is 3.67. The van der Waals surface area contributed by atoms with Crippen LogP contribution in [0.3, 0.4) is 0 Å². The number of aryl methyl sites for hydroxylation is 1. The number of hydrogen-bond donors (Lipinski definition) is 1. The molecule has 1 unspecified atom stereocenters. The smallest absolute Gasteiger partial charge is 0.276 e. The molecule has 138 valence electrons. The van der Waals surface area contributed by atoms with Crippen molar-refractivity contribution in [3.05, 3.63) is 47.3 Å². The van der Waals surface area contributed by atoms with Gasteiger partial charge in [-0.25, -0.2) is 8.42 Å². The van der Waals surface area contributed by atoms with E-state index in [1.54, 1.807) is 4.68 Å². The van der Waals surface area contributed by atoms with Crippen LogP contribution in [0.4, 0.5) is 5.69 Å². The zero-order valence-corrected chi connectivity index (χ0v) is 15.6. The van der Waals surface area contributed by atoms with Crippen molar-refractivity contribution in [3.8, 4) is 0 Å². The molecule has 2 aromatic rings. The molecule has 1 aromatic heterocycles. The molecule has 0 radical (unpaired) electrons. The number of amides is 1. The van der Waals surface area contributed by atoms with Gasteiger partial charge in [-0.1, -0.05) is 19.1 Å². The summed E-state index contributed by atoms with van der Waals surface area (Å²) < 4.78 is 25.5. The van der Waals surface area contributed by atoms with Crippen molar-refractivity contribution in [1.29, 1.82) is 0 Å². The quantitative estimate of drug-likeness (QED) is 0.874. The second-order valence-electron chi connectivity index (χ2n) is 7.23. The predicted molar refractivity (Wildman–Crippen MR) is 100 cm³/mol. The number of benzene rings is 1. The Hall–Kier alpha value is -2.15. The first kappa shape index (κ1) is 17.3. The van der Waals surface area contributed by atoms with Gasteiger partial charge in [-0.05, 0) is 49.4 Å². The first-order chi connectivity index (χ1) is 12.4. The number of rotatable bonds is 5. The molecule has 2 aliphatic rings. The number of carbonyl (C=O) groups excluding carboxylic acids is 1. The third kappa shape index (κ3) is 3.53. The summed E-state index contributed by atoms with van der Waals surface area (Å²) in [7, 11) is -2.99. The molecule has 1 saturated heterocycles. The van der Waals surface area contributed by atoms with Crippen LogP contribution in [0.15, 0.2) is 30.3 Å². The molecule has 1 N–H and O–H groups in total. The first-order valence-corrected chi connectivity index (χ1v) is 11.0. The second kappa shape index (κ2) is 6.54. The maximum Gasteiger partial charge on any atom is 0.276 e. The van der Waals surface area contributed by atoms with Crippen molar-refractivity contribution in [1.82, 2.24) is 9.78 Å². The highest BCUT2D eigenvalue weighted by molar-refractivity contribution is 7.91. The normalized spacial score (nSPS) is 21.7. The van der Waals surface area contributed by atoms with Crippen LogP contribution in [-0.2, 0) is 16.3 Å². The summed E-state index contributed by atoms with van der Waals surface area (Å²) >= 11 is 0. The van der Waals surface area contributed by atoms with Gasteiger partial charge in [0.2, 0.25) is 0 Å². The molecule has 7 heteroatoms. The summed E-state index contributed by atoms with van der Waals surface area (Å²) in [5.74, 6) is 0.466. The van der Waals surface area contributed by atoms with Crippen LogP contribution in [0.5, 0.6) is 0 Å². The van der Waals surface area contributed by atoms with E-state index in [0.29, 0.717) is 18.0 Å². The largest absolute Gasteiger partial charge is 0.321 e. The lowest BCUT2D eigenvalue weighted by molar-refractivity contribution is 0.102. The van der Waals surface area contributed by atoms with Gasteiger partial charge in [0.15, 0.2) is 15.5 Å². The third-order valence-corrected chi connectivity index (χ3v) is 6.92. The Morgan fingerprint density at radius 1 is 1.23 bits per heavy atom. The highest BCUT2D eigenvalue weighted by atomic mass is 32.2. The average Bonchev–Trinajstić information content (AvgIpc) is 3.26. The highest BCUT2D eigenvalue weighted by Gasteiger charge is 2.36. The lowest BCUT2D eigenvalue weighted by Gasteiger charge is -2.12. The number of hydrogen-bond acceptors (Lipinski definition) is 4. The fourth-order valence-electron chi connectivity index (χ4n) is 3.48. The molecule has 0 bridgehead atoms. The number of aromatic nitrogens is 2. The second-order valence-corrected chi connectivity index (χ2v) is 9.46. The van der Waals surface area contributed by atoms with Crippen LogP contribution in [0, 0.1) is 0 Å². The van der Waals surface area contributed by atoms with E-state index >= 15 is 0 Å². The van der Waals surface area contributed by atoms with Gasteiger partial charge in [0.25, 0.3) is 5.91 Å². The Labute approximate surface area is 153 Å². The maximum absolute atomic E-state index is 12.6. The van der Waals surface area contributed by atoms with Gasteiger partial charge in [-0.2, -0.15) is 5.10 Å². The van der Waals surface area contributed by atoms with Crippen LogP contribution >= 0.6 is 0 Å². The molecule has 1 atom stereocenters. The van der Waals surface area contributed by atoms with Crippen LogP contribution in [0.25, 0.3) is 0 Å². The minimum atomic E-state index is -2.99. The standard InChI is InChI=1S/C19H23N3O3S/c1-2-13-3-7-15(8-4-13)20-19(23)17-11-18(14-5-6-14)22(21-17)16-9-10-26(24,25)12-16/h3-4,7-8,11,14,16H,2,5-6,9-10,12H2,1H3,(H,20,23). The fourth-order valence-corrected chi connectivity index (χ4v) is 5.18. The maximum atomic E-state index is 12.6. The molecule has 2 heterocycles. The van der Waals surface area contributed by atoms with Crippen molar-refractivity contribution in [2.24, 2.45) is 0 Å². The monoisotopic (exact) mass is 373 g/mol. The van der Waals surface area contributed by atoms with Crippen molar-refractivity contribution in [3.63, 3.8) is 0 Å². The van der Waals surface area contributed by atoms with Gasteiger partial charge in [-0.15, -0.1) is 0 Å². The minimum absolute atomic E-state index is 0.119. The molecule has 2 fully saturated rings. The molecule has 1 aliphatic carbocycles. The lowest BCUT2D eigenvalue weighted by Crippen LogP contribution is -2.17. The van der Waals surface area contributed by atoms with E-state index in [0.717, 1.165) is 30.6 Å². The number of anilines is 1. The fraction of sp³-hybridized carbons (Fsp3) is 0.474. The van der Waals surface area contributed by atoms with E-state index in [4.69, 9.17) is 0 Å². The van der Waals surface area contributed by atoms with Gasteiger partial charge in [0, 0.05) is 17.3 Å². The van der Waals surface area contributed by atoms with E-state index < -0.39 is 9.84 Å². The van der Waals surface area contributed by atoms with Crippen LogP contribution < -0.4 is 5.32 Å². The molecule has 1 aliphatic heterocycles. The predicted octanol–water partition coefficient (Wildman–Crippen LogP) is 2.93. The third-order valence-electron chi connectivity index (χ3n) is 5.17. The van der Waals surface area contributed by atoms with E-state index in [-0.39, 0.29) is 23.5 Å². The Balaban J connectivity index is 1.56. The van der Waals surface area contributed by atoms with Gasteiger partial charge < -0.3 is 5.32 Å². The van der Waals surface area contributed by atoms with Gasteiger partial charge in [0.05, 0.1) is 17.5 Å². The van der Waals surface area contributed by atoms with Gasteiger partial charge >= 0.3 is 0 Å². The topological polar surface area (TPSA) is 81.1 Å². The molecular weight excluding hydrogens is 350 g/mol. The highest BCUT2D eigenvalue weighted by Crippen LogP contribution is 2.42. The van der Waals surface area contributed by atoms with Crippen molar-refractivity contribution >= 4 is 21.4 Å². The molecular formula is C19H23N3O3S. The molecule has 1 saturated carbocycles. The zero-order valence-electron chi connectivity index (χ0n) is 14.8.